The van der Waals surface area contributed by atoms with Crippen molar-refractivity contribution >= 4 is 33.6 Å². The Morgan fingerprint density at radius 2 is 1.93 bits per heavy atom. The van der Waals surface area contributed by atoms with Crippen molar-refractivity contribution in [3.05, 3.63) is 81.8 Å². The van der Waals surface area contributed by atoms with Gasteiger partial charge in [0.2, 0.25) is 0 Å². The van der Waals surface area contributed by atoms with Crippen LogP contribution in [0.5, 0.6) is 0 Å². The third-order valence-electron chi connectivity index (χ3n) is 4.77. The number of nitrogens with zero attached hydrogens (tertiary/aromatic N) is 2. The number of hydrogen-bond donors (Lipinski definition) is 3. The first-order valence-electron chi connectivity index (χ1n) is 8.72. The zero-order valence-electron chi connectivity index (χ0n) is 14.7. The van der Waals surface area contributed by atoms with E-state index < -0.39 is 5.97 Å². The van der Waals surface area contributed by atoms with Gasteiger partial charge in [0, 0.05) is 23.1 Å². The van der Waals surface area contributed by atoms with Crippen LogP contribution in [0.15, 0.2) is 59.3 Å². The van der Waals surface area contributed by atoms with Crippen LogP contribution in [0.3, 0.4) is 0 Å². The van der Waals surface area contributed by atoms with E-state index >= 15 is 0 Å². The molecule has 7 nitrogen and oxygen atoms in total. The van der Waals surface area contributed by atoms with E-state index in [0.717, 1.165) is 21.4 Å². The average Bonchev–Trinajstić information content (AvgIpc) is 3.17. The standard InChI is InChI=1S/C20H17BrN4O3/c21-13-7-5-12(6-8-13)18-17-16(22-11-23-17)9-10-25(18)20(28)24-15-4-2-1-3-14(15)19(26)27/h1-8,11,18H,9-10H2,(H,22,23)(H,24,28)(H,26,27)/t18-/m0/s1. The van der Waals surface area contributed by atoms with Crippen LogP contribution < -0.4 is 5.32 Å². The van der Waals surface area contributed by atoms with Gasteiger partial charge < -0.3 is 20.3 Å². The molecule has 3 aromatic rings. The minimum absolute atomic E-state index is 0.0495. The van der Waals surface area contributed by atoms with Crippen LogP contribution in [0, 0.1) is 0 Å². The molecule has 4 rings (SSSR count). The summed E-state index contributed by atoms with van der Waals surface area (Å²) in [6.07, 6.45) is 2.29. The number of amides is 2. The lowest BCUT2D eigenvalue weighted by molar-refractivity contribution is 0.0698. The number of H-pyrrole nitrogens is 1. The second-order valence-corrected chi connectivity index (χ2v) is 7.36. The summed E-state index contributed by atoms with van der Waals surface area (Å²) in [7, 11) is 0. The number of carboxylic acid groups (broad SMARTS) is 1. The molecular weight excluding hydrogens is 424 g/mol. The summed E-state index contributed by atoms with van der Waals surface area (Å²) >= 11 is 3.43. The Kier molecular flexibility index (Phi) is 4.87. The quantitative estimate of drug-likeness (QED) is 0.571. The number of urea groups is 1. The molecule has 1 atom stereocenters. The molecule has 2 heterocycles. The number of benzene rings is 2. The third-order valence-corrected chi connectivity index (χ3v) is 5.30. The Morgan fingerprint density at radius 1 is 1.18 bits per heavy atom. The number of aromatic carboxylic acids is 1. The molecule has 0 aliphatic carbocycles. The number of carbonyl (C=O) groups excluding carboxylic acids is 1. The molecule has 0 spiro atoms. The van der Waals surface area contributed by atoms with Gasteiger partial charge in [-0.05, 0) is 29.8 Å². The highest BCUT2D eigenvalue weighted by atomic mass is 79.9. The van der Waals surface area contributed by atoms with Crippen molar-refractivity contribution in [1.29, 1.82) is 0 Å². The SMILES string of the molecule is O=C(O)c1ccccc1NC(=O)N1CCc2[nH]cnc2[C@@H]1c1ccc(Br)cc1. The van der Waals surface area contributed by atoms with Crippen LogP contribution >= 0.6 is 15.9 Å². The van der Waals surface area contributed by atoms with Crippen LogP contribution in [-0.4, -0.2) is 38.5 Å². The normalized spacial score (nSPS) is 15.8. The predicted octanol–water partition coefficient (Wildman–Crippen LogP) is 4.05. The molecule has 2 amide bonds. The smallest absolute Gasteiger partial charge is 0.337 e. The van der Waals surface area contributed by atoms with Gasteiger partial charge in [-0.2, -0.15) is 0 Å². The number of anilines is 1. The van der Waals surface area contributed by atoms with E-state index in [9.17, 15) is 14.7 Å². The highest BCUT2D eigenvalue weighted by molar-refractivity contribution is 9.10. The number of aromatic nitrogens is 2. The molecule has 0 unspecified atom stereocenters. The summed E-state index contributed by atoms with van der Waals surface area (Å²) in [5, 5.41) is 12.1. The lowest BCUT2D eigenvalue weighted by Crippen LogP contribution is -2.43. The number of carboxylic acids is 1. The topological polar surface area (TPSA) is 98.3 Å². The maximum atomic E-state index is 13.1. The highest BCUT2D eigenvalue weighted by Crippen LogP contribution is 2.34. The number of aromatic amines is 1. The molecular formula is C20H17BrN4O3. The van der Waals surface area contributed by atoms with E-state index in [4.69, 9.17) is 0 Å². The van der Waals surface area contributed by atoms with E-state index in [1.807, 2.05) is 24.3 Å². The Balaban J connectivity index is 1.68. The fraction of sp³-hybridized carbons (Fsp3) is 0.150. The number of fused-ring (bicyclic) bond motifs is 1. The van der Waals surface area contributed by atoms with Gasteiger partial charge in [-0.1, -0.05) is 40.2 Å². The molecule has 0 saturated carbocycles. The van der Waals surface area contributed by atoms with E-state index in [0.29, 0.717) is 13.0 Å². The van der Waals surface area contributed by atoms with Crippen molar-refractivity contribution in [2.45, 2.75) is 12.5 Å². The largest absolute Gasteiger partial charge is 0.478 e. The zero-order valence-corrected chi connectivity index (χ0v) is 16.3. The number of para-hydroxylation sites is 1. The predicted molar refractivity (Wildman–Crippen MR) is 107 cm³/mol. The summed E-state index contributed by atoms with van der Waals surface area (Å²) in [4.78, 5) is 33.8. The Labute approximate surface area is 169 Å². The maximum absolute atomic E-state index is 13.1. The Bertz CT molecular complexity index is 1030. The van der Waals surface area contributed by atoms with Gasteiger partial charge in [0.1, 0.15) is 6.04 Å². The fourth-order valence-electron chi connectivity index (χ4n) is 3.44. The van der Waals surface area contributed by atoms with Crippen molar-refractivity contribution in [2.75, 3.05) is 11.9 Å². The van der Waals surface area contributed by atoms with E-state index in [2.05, 4.69) is 31.2 Å². The fourth-order valence-corrected chi connectivity index (χ4v) is 3.71. The minimum atomic E-state index is -1.09. The van der Waals surface area contributed by atoms with E-state index in [1.54, 1.807) is 29.4 Å². The van der Waals surface area contributed by atoms with Gasteiger partial charge in [-0.3, -0.25) is 0 Å². The molecule has 0 fully saturated rings. The summed E-state index contributed by atoms with van der Waals surface area (Å²) in [6.45, 7) is 0.483. The molecule has 28 heavy (non-hydrogen) atoms. The molecule has 1 aliphatic rings. The van der Waals surface area contributed by atoms with Crippen molar-refractivity contribution in [3.63, 3.8) is 0 Å². The van der Waals surface area contributed by atoms with Gasteiger partial charge in [0.05, 0.1) is 23.3 Å². The summed E-state index contributed by atoms with van der Waals surface area (Å²) in [5.41, 5.74) is 3.05. The van der Waals surface area contributed by atoms with Crippen LogP contribution in [-0.2, 0) is 6.42 Å². The van der Waals surface area contributed by atoms with Crippen molar-refractivity contribution < 1.29 is 14.7 Å². The molecule has 3 N–H and O–H groups in total. The molecule has 1 aromatic heterocycles. The molecule has 0 bridgehead atoms. The lowest BCUT2D eigenvalue weighted by atomic mass is 9.96. The second kappa shape index (κ2) is 7.47. The van der Waals surface area contributed by atoms with Crippen LogP contribution in [0.25, 0.3) is 0 Å². The van der Waals surface area contributed by atoms with Gasteiger partial charge in [0.15, 0.2) is 0 Å². The first-order chi connectivity index (χ1) is 13.5. The molecule has 0 saturated heterocycles. The molecule has 2 aromatic carbocycles. The zero-order chi connectivity index (χ0) is 19.7. The van der Waals surface area contributed by atoms with Gasteiger partial charge in [0.25, 0.3) is 0 Å². The van der Waals surface area contributed by atoms with Crippen LogP contribution in [0.2, 0.25) is 0 Å². The number of hydrogen-bond acceptors (Lipinski definition) is 3. The number of imidazole rings is 1. The van der Waals surface area contributed by atoms with E-state index in [1.165, 1.54) is 6.07 Å². The maximum Gasteiger partial charge on any atom is 0.337 e. The monoisotopic (exact) mass is 440 g/mol. The highest BCUT2D eigenvalue weighted by Gasteiger charge is 2.34. The average molecular weight is 441 g/mol. The van der Waals surface area contributed by atoms with Crippen LogP contribution in [0.1, 0.15) is 33.4 Å². The van der Waals surface area contributed by atoms with Gasteiger partial charge in [-0.25, -0.2) is 14.6 Å². The van der Waals surface area contributed by atoms with E-state index in [-0.39, 0.29) is 23.3 Å². The summed E-state index contributed by atoms with van der Waals surface area (Å²) < 4.78 is 0.945. The van der Waals surface area contributed by atoms with Gasteiger partial charge >= 0.3 is 12.0 Å². The molecule has 1 aliphatic heterocycles. The Hall–Kier alpha value is -3.13. The number of nitrogens with one attached hydrogen (secondary N) is 2. The minimum Gasteiger partial charge on any atom is -0.478 e. The lowest BCUT2D eigenvalue weighted by Gasteiger charge is -2.35. The second-order valence-electron chi connectivity index (χ2n) is 6.44. The first-order valence-corrected chi connectivity index (χ1v) is 9.51. The van der Waals surface area contributed by atoms with Crippen LogP contribution in [0.4, 0.5) is 10.5 Å². The van der Waals surface area contributed by atoms with Crippen molar-refractivity contribution in [3.8, 4) is 0 Å². The van der Waals surface area contributed by atoms with Crippen molar-refractivity contribution in [2.24, 2.45) is 0 Å². The molecule has 0 radical (unpaired) electrons. The molecule has 8 heteroatoms. The number of rotatable bonds is 3. The van der Waals surface area contributed by atoms with Gasteiger partial charge in [-0.15, -0.1) is 0 Å². The third kappa shape index (κ3) is 3.38. The summed E-state index contributed by atoms with van der Waals surface area (Å²) in [6, 6.07) is 13.4. The first kappa shape index (κ1) is 18.2. The summed E-state index contributed by atoms with van der Waals surface area (Å²) in [5.74, 6) is -1.09. The Morgan fingerprint density at radius 3 is 2.68 bits per heavy atom. The molecule has 142 valence electrons. The number of halogens is 1. The number of carbonyl (C=O) groups is 2. The van der Waals surface area contributed by atoms with Crippen molar-refractivity contribution in [1.82, 2.24) is 14.9 Å².